The summed E-state index contributed by atoms with van der Waals surface area (Å²) in [6.07, 6.45) is 8.53. The van der Waals surface area contributed by atoms with E-state index in [0.29, 0.717) is 6.10 Å². The molecule has 0 bridgehead atoms. The molecule has 21 heavy (non-hydrogen) atoms. The second kappa shape index (κ2) is 6.57. The van der Waals surface area contributed by atoms with Crippen molar-refractivity contribution in [1.29, 1.82) is 0 Å². The SMILES string of the molecule is COc1ccc(NCc2ccoc2)cc1OC1CCCC1. The van der Waals surface area contributed by atoms with Crippen LogP contribution in [0.5, 0.6) is 11.5 Å². The summed E-state index contributed by atoms with van der Waals surface area (Å²) in [5.41, 5.74) is 2.13. The largest absolute Gasteiger partial charge is 0.493 e. The number of furan rings is 1. The van der Waals surface area contributed by atoms with E-state index in [2.05, 4.69) is 5.32 Å². The molecule has 0 aliphatic heterocycles. The van der Waals surface area contributed by atoms with Gasteiger partial charge in [0.25, 0.3) is 0 Å². The Bertz CT molecular complexity index is 559. The second-order valence-electron chi connectivity index (χ2n) is 5.38. The van der Waals surface area contributed by atoms with Crippen molar-refractivity contribution in [1.82, 2.24) is 0 Å². The minimum absolute atomic E-state index is 0.322. The first kappa shape index (κ1) is 13.9. The Morgan fingerprint density at radius 1 is 1.19 bits per heavy atom. The van der Waals surface area contributed by atoms with Crippen LogP contribution in [0.3, 0.4) is 0 Å². The maximum absolute atomic E-state index is 6.09. The zero-order valence-electron chi connectivity index (χ0n) is 12.3. The Kier molecular flexibility index (Phi) is 4.34. The van der Waals surface area contributed by atoms with Gasteiger partial charge in [-0.2, -0.15) is 0 Å². The Morgan fingerprint density at radius 3 is 2.76 bits per heavy atom. The maximum atomic E-state index is 6.09. The Hall–Kier alpha value is -2.10. The molecule has 3 rings (SSSR count). The highest BCUT2D eigenvalue weighted by Gasteiger charge is 2.18. The van der Waals surface area contributed by atoms with Crippen molar-refractivity contribution in [2.24, 2.45) is 0 Å². The minimum atomic E-state index is 0.322. The lowest BCUT2D eigenvalue weighted by atomic mass is 10.2. The molecule has 0 saturated heterocycles. The third-order valence-electron chi connectivity index (χ3n) is 3.84. The molecule has 0 spiro atoms. The van der Waals surface area contributed by atoms with Crippen molar-refractivity contribution in [3.05, 3.63) is 42.4 Å². The van der Waals surface area contributed by atoms with Gasteiger partial charge >= 0.3 is 0 Å². The summed E-state index contributed by atoms with van der Waals surface area (Å²) in [7, 11) is 1.68. The molecule has 1 aliphatic carbocycles. The average Bonchev–Trinajstić information content (AvgIpc) is 3.18. The van der Waals surface area contributed by atoms with Crippen molar-refractivity contribution in [2.75, 3.05) is 12.4 Å². The van der Waals surface area contributed by atoms with E-state index in [1.54, 1.807) is 19.6 Å². The van der Waals surface area contributed by atoms with E-state index >= 15 is 0 Å². The third kappa shape index (κ3) is 3.51. The Labute approximate surface area is 125 Å². The van der Waals surface area contributed by atoms with E-state index in [1.807, 2.05) is 24.3 Å². The first-order valence-corrected chi connectivity index (χ1v) is 7.45. The number of hydrogen-bond acceptors (Lipinski definition) is 4. The topological polar surface area (TPSA) is 43.6 Å². The zero-order valence-corrected chi connectivity index (χ0v) is 12.3. The lowest BCUT2D eigenvalue weighted by molar-refractivity contribution is 0.201. The zero-order chi connectivity index (χ0) is 14.5. The van der Waals surface area contributed by atoms with Crippen LogP contribution in [0, 0.1) is 0 Å². The van der Waals surface area contributed by atoms with Crippen LogP contribution in [0.4, 0.5) is 5.69 Å². The summed E-state index contributed by atoms with van der Waals surface area (Å²) in [6.45, 7) is 0.728. The first-order chi connectivity index (χ1) is 10.3. The molecule has 112 valence electrons. The highest BCUT2D eigenvalue weighted by Crippen LogP contribution is 2.34. The summed E-state index contributed by atoms with van der Waals surface area (Å²) in [5.74, 6) is 1.61. The number of ether oxygens (including phenoxy) is 2. The number of anilines is 1. The first-order valence-electron chi connectivity index (χ1n) is 7.45. The Balaban J connectivity index is 1.69. The van der Waals surface area contributed by atoms with Gasteiger partial charge in [-0.25, -0.2) is 0 Å². The van der Waals surface area contributed by atoms with Gasteiger partial charge in [0.05, 0.1) is 25.7 Å². The predicted octanol–water partition coefficient (Wildman–Crippen LogP) is 4.22. The van der Waals surface area contributed by atoms with Gasteiger partial charge in [-0.3, -0.25) is 0 Å². The molecular weight excluding hydrogens is 266 g/mol. The van der Waals surface area contributed by atoms with E-state index < -0.39 is 0 Å². The van der Waals surface area contributed by atoms with Crippen LogP contribution in [-0.4, -0.2) is 13.2 Å². The van der Waals surface area contributed by atoms with Gasteiger partial charge in [0.1, 0.15) is 0 Å². The third-order valence-corrected chi connectivity index (χ3v) is 3.84. The van der Waals surface area contributed by atoms with Crippen LogP contribution < -0.4 is 14.8 Å². The minimum Gasteiger partial charge on any atom is -0.493 e. The standard InChI is InChI=1S/C17H21NO3/c1-19-16-7-6-14(18-11-13-8-9-20-12-13)10-17(16)21-15-4-2-3-5-15/h6-10,12,15,18H,2-5,11H2,1H3. The van der Waals surface area contributed by atoms with E-state index in [4.69, 9.17) is 13.9 Å². The molecule has 0 amide bonds. The van der Waals surface area contributed by atoms with Crippen molar-refractivity contribution >= 4 is 5.69 Å². The summed E-state index contributed by atoms with van der Waals surface area (Å²) < 4.78 is 16.6. The molecule has 4 heteroatoms. The molecule has 0 atom stereocenters. The molecule has 1 fully saturated rings. The van der Waals surface area contributed by atoms with Crippen LogP contribution in [0.1, 0.15) is 31.2 Å². The molecule has 1 aromatic heterocycles. The van der Waals surface area contributed by atoms with Gasteiger partial charge in [0, 0.05) is 23.9 Å². The molecular formula is C17H21NO3. The van der Waals surface area contributed by atoms with Crippen molar-refractivity contribution in [3.8, 4) is 11.5 Å². The van der Waals surface area contributed by atoms with Crippen molar-refractivity contribution < 1.29 is 13.9 Å². The lowest BCUT2D eigenvalue weighted by Crippen LogP contribution is -2.11. The number of methoxy groups -OCH3 is 1. The molecule has 1 saturated carbocycles. The van der Waals surface area contributed by atoms with Crippen LogP contribution in [0.25, 0.3) is 0 Å². The maximum Gasteiger partial charge on any atom is 0.163 e. The highest BCUT2D eigenvalue weighted by atomic mass is 16.5. The molecule has 1 aromatic carbocycles. The molecule has 1 N–H and O–H groups in total. The van der Waals surface area contributed by atoms with Gasteiger partial charge in [0.2, 0.25) is 0 Å². The second-order valence-corrected chi connectivity index (χ2v) is 5.38. The average molecular weight is 287 g/mol. The van der Waals surface area contributed by atoms with Gasteiger partial charge < -0.3 is 19.2 Å². The molecule has 4 nitrogen and oxygen atoms in total. The summed E-state index contributed by atoms with van der Waals surface area (Å²) >= 11 is 0. The van der Waals surface area contributed by atoms with E-state index in [0.717, 1.165) is 42.1 Å². The van der Waals surface area contributed by atoms with Crippen LogP contribution in [0.15, 0.2) is 41.2 Å². The fourth-order valence-electron chi connectivity index (χ4n) is 2.66. The van der Waals surface area contributed by atoms with Crippen LogP contribution >= 0.6 is 0 Å². The van der Waals surface area contributed by atoms with Crippen molar-refractivity contribution in [3.63, 3.8) is 0 Å². The van der Waals surface area contributed by atoms with Gasteiger partial charge in [-0.05, 0) is 43.9 Å². The van der Waals surface area contributed by atoms with Crippen LogP contribution in [-0.2, 0) is 6.54 Å². The Morgan fingerprint density at radius 2 is 2.05 bits per heavy atom. The normalized spacial score (nSPS) is 15.1. The summed E-state index contributed by atoms with van der Waals surface area (Å²) in [5, 5.41) is 3.37. The number of nitrogens with one attached hydrogen (secondary N) is 1. The van der Waals surface area contributed by atoms with E-state index in [9.17, 15) is 0 Å². The monoisotopic (exact) mass is 287 g/mol. The molecule has 1 heterocycles. The van der Waals surface area contributed by atoms with Gasteiger partial charge in [0.15, 0.2) is 11.5 Å². The quantitative estimate of drug-likeness (QED) is 0.863. The molecule has 0 radical (unpaired) electrons. The van der Waals surface area contributed by atoms with E-state index in [-0.39, 0.29) is 0 Å². The highest BCUT2D eigenvalue weighted by molar-refractivity contribution is 5.55. The summed E-state index contributed by atoms with van der Waals surface area (Å²) in [6, 6.07) is 7.91. The molecule has 1 aliphatic rings. The fraction of sp³-hybridized carbons (Fsp3) is 0.412. The molecule has 0 unspecified atom stereocenters. The smallest absolute Gasteiger partial charge is 0.163 e. The van der Waals surface area contributed by atoms with Gasteiger partial charge in [-0.15, -0.1) is 0 Å². The number of hydrogen-bond donors (Lipinski definition) is 1. The van der Waals surface area contributed by atoms with Crippen molar-refractivity contribution in [2.45, 2.75) is 38.3 Å². The van der Waals surface area contributed by atoms with Gasteiger partial charge in [-0.1, -0.05) is 0 Å². The lowest BCUT2D eigenvalue weighted by Gasteiger charge is -2.17. The number of benzene rings is 1. The predicted molar refractivity (Wildman–Crippen MR) is 81.9 cm³/mol. The summed E-state index contributed by atoms with van der Waals surface area (Å²) in [4.78, 5) is 0. The number of rotatable bonds is 6. The molecule has 2 aromatic rings. The van der Waals surface area contributed by atoms with Crippen LogP contribution in [0.2, 0.25) is 0 Å². The van der Waals surface area contributed by atoms with E-state index in [1.165, 1.54) is 12.8 Å². The fourth-order valence-corrected chi connectivity index (χ4v) is 2.66.